The fourth-order valence-corrected chi connectivity index (χ4v) is 4.38. The monoisotopic (exact) mass is 432 g/mol. The van der Waals surface area contributed by atoms with Crippen LogP contribution in [0.2, 0.25) is 0 Å². The summed E-state index contributed by atoms with van der Waals surface area (Å²) in [6.07, 6.45) is 0. The zero-order chi connectivity index (χ0) is 16.4. The summed E-state index contributed by atoms with van der Waals surface area (Å²) in [4.78, 5) is 15.9. The lowest BCUT2D eigenvalue weighted by Gasteiger charge is -2.38. The zero-order valence-corrected chi connectivity index (χ0v) is 16.4. The second kappa shape index (κ2) is 8.43. The van der Waals surface area contributed by atoms with Crippen LogP contribution in [0.5, 0.6) is 0 Å². The third-order valence-electron chi connectivity index (χ3n) is 4.15. The summed E-state index contributed by atoms with van der Waals surface area (Å²) in [6.45, 7) is 3.98. The Balaban J connectivity index is 0.00000208. The fraction of sp³-hybridized carbons (Fsp3) is 0.353. The first kappa shape index (κ1) is 19.4. The molecule has 2 heterocycles. The Morgan fingerprint density at radius 3 is 2.88 bits per heavy atom. The van der Waals surface area contributed by atoms with Gasteiger partial charge in [-0.1, -0.05) is 12.1 Å². The number of nitrogens with zero attached hydrogens (tertiary/aromatic N) is 1. The van der Waals surface area contributed by atoms with Crippen LogP contribution in [0.3, 0.4) is 0 Å². The number of nitrogens with one attached hydrogen (secondary N) is 1. The van der Waals surface area contributed by atoms with E-state index in [-0.39, 0.29) is 36.1 Å². The Bertz CT molecular complexity index is 711. The third-order valence-corrected chi connectivity index (χ3v) is 5.96. The SMILES string of the molecule is CC(C(=O)N1CCNCC1c1cccc(F)c1)c1ccc(Br)s1.Cl. The van der Waals surface area contributed by atoms with Crippen molar-refractivity contribution in [3.05, 3.63) is 56.4 Å². The largest absolute Gasteiger partial charge is 0.333 e. The molecule has 1 saturated heterocycles. The van der Waals surface area contributed by atoms with Gasteiger partial charge in [-0.2, -0.15) is 0 Å². The number of hydrogen-bond acceptors (Lipinski definition) is 3. The first-order chi connectivity index (χ1) is 11.1. The molecule has 1 N–H and O–H groups in total. The van der Waals surface area contributed by atoms with E-state index in [0.717, 1.165) is 20.8 Å². The summed E-state index contributed by atoms with van der Waals surface area (Å²) >= 11 is 5.03. The van der Waals surface area contributed by atoms with Crippen molar-refractivity contribution in [3.8, 4) is 0 Å². The van der Waals surface area contributed by atoms with E-state index in [1.807, 2.05) is 30.0 Å². The van der Waals surface area contributed by atoms with Gasteiger partial charge < -0.3 is 10.2 Å². The van der Waals surface area contributed by atoms with E-state index >= 15 is 0 Å². The molecule has 0 bridgehead atoms. The van der Waals surface area contributed by atoms with Crippen LogP contribution in [0.1, 0.15) is 29.3 Å². The number of halogens is 3. The van der Waals surface area contributed by atoms with Gasteiger partial charge >= 0.3 is 0 Å². The molecule has 1 amide bonds. The molecule has 130 valence electrons. The van der Waals surface area contributed by atoms with Gasteiger partial charge in [0.1, 0.15) is 5.82 Å². The second-order valence-electron chi connectivity index (χ2n) is 5.67. The minimum absolute atomic E-state index is 0. The molecule has 2 aromatic rings. The van der Waals surface area contributed by atoms with E-state index in [9.17, 15) is 9.18 Å². The lowest BCUT2D eigenvalue weighted by molar-refractivity contribution is -0.135. The lowest BCUT2D eigenvalue weighted by atomic mass is 10.00. The Hall–Kier alpha value is -0.950. The summed E-state index contributed by atoms with van der Waals surface area (Å²) in [7, 11) is 0. The summed E-state index contributed by atoms with van der Waals surface area (Å²) < 4.78 is 14.6. The molecule has 1 fully saturated rings. The van der Waals surface area contributed by atoms with Gasteiger partial charge in [-0.15, -0.1) is 23.7 Å². The maximum absolute atomic E-state index is 13.5. The standard InChI is InChI=1S/C17H18BrFN2OS.ClH/c1-11(15-5-6-16(18)23-15)17(22)21-8-7-20-10-14(21)12-3-2-4-13(19)9-12;/h2-6,9,11,14,20H,7-8,10H2,1H3;1H. The first-order valence-corrected chi connectivity index (χ1v) is 9.19. The molecular weight excluding hydrogens is 415 g/mol. The number of piperazine rings is 1. The quantitative estimate of drug-likeness (QED) is 0.780. The van der Waals surface area contributed by atoms with Crippen LogP contribution >= 0.6 is 39.7 Å². The molecule has 1 aromatic carbocycles. The number of benzene rings is 1. The lowest BCUT2D eigenvalue weighted by Crippen LogP contribution is -2.49. The van der Waals surface area contributed by atoms with Crippen LogP contribution in [-0.2, 0) is 4.79 Å². The van der Waals surface area contributed by atoms with E-state index in [0.29, 0.717) is 13.1 Å². The smallest absolute Gasteiger partial charge is 0.231 e. The van der Waals surface area contributed by atoms with Crippen molar-refractivity contribution >= 4 is 45.6 Å². The van der Waals surface area contributed by atoms with Crippen LogP contribution in [0.15, 0.2) is 40.2 Å². The van der Waals surface area contributed by atoms with Crippen molar-refractivity contribution in [1.82, 2.24) is 10.2 Å². The topological polar surface area (TPSA) is 32.3 Å². The molecule has 1 aliphatic heterocycles. The third kappa shape index (κ3) is 4.17. The Morgan fingerprint density at radius 2 is 2.21 bits per heavy atom. The molecule has 3 rings (SSSR count). The van der Waals surface area contributed by atoms with Gasteiger partial charge in [-0.3, -0.25) is 4.79 Å². The normalized spacial score (nSPS) is 18.8. The van der Waals surface area contributed by atoms with Gasteiger partial charge in [0, 0.05) is 24.5 Å². The highest BCUT2D eigenvalue weighted by molar-refractivity contribution is 9.11. The Morgan fingerprint density at radius 1 is 1.42 bits per heavy atom. The van der Waals surface area contributed by atoms with Crippen LogP contribution in [0.25, 0.3) is 0 Å². The number of amides is 1. The van der Waals surface area contributed by atoms with Crippen LogP contribution in [0.4, 0.5) is 4.39 Å². The Kier molecular flexibility index (Phi) is 6.80. The van der Waals surface area contributed by atoms with Gasteiger partial charge in [0.15, 0.2) is 0 Å². The number of hydrogen-bond donors (Lipinski definition) is 1. The van der Waals surface area contributed by atoms with Gasteiger partial charge in [0.05, 0.1) is 15.7 Å². The summed E-state index contributed by atoms with van der Waals surface area (Å²) in [5, 5.41) is 3.30. The van der Waals surface area contributed by atoms with Crippen molar-refractivity contribution in [2.24, 2.45) is 0 Å². The van der Waals surface area contributed by atoms with Crippen molar-refractivity contribution in [2.75, 3.05) is 19.6 Å². The molecular formula is C17H19BrClFN2OS. The van der Waals surface area contributed by atoms with Crippen molar-refractivity contribution in [3.63, 3.8) is 0 Å². The summed E-state index contributed by atoms with van der Waals surface area (Å²) in [5.74, 6) is -0.369. The number of thiophene rings is 1. The molecule has 0 aliphatic carbocycles. The highest BCUT2D eigenvalue weighted by Gasteiger charge is 2.31. The summed E-state index contributed by atoms with van der Waals surface area (Å²) in [5.41, 5.74) is 0.838. The van der Waals surface area contributed by atoms with Gasteiger partial charge in [-0.25, -0.2) is 4.39 Å². The number of carbonyl (C=O) groups excluding carboxylic acids is 1. The highest BCUT2D eigenvalue weighted by atomic mass is 79.9. The summed E-state index contributed by atoms with van der Waals surface area (Å²) in [6, 6.07) is 10.3. The predicted molar refractivity (Wildman–Crippen MR) is 101 cm³/mol. The molecule has 7 heteroatoms. The maximum Gasteiger partial charge on any atom is 0.231 e. The maximum atomic E-state index is 13.5. The molecule has 0 saturated carbocycles. The predicted octanol–water partition coefficient (Wildman–Crippen LogP) is 4.35. The molecule has 0 spiro atoms. The van der Waals surface area contributed by atoms with Crippen molar-refractivity contribution in [1.29, 1.82) is 0 Å². The fourth-order valence-electron chi connectivity index (χ4n) is 2.91. The molecule has 2 unspecified atom stereocenters. The van der Waals surface area contributed by atoms with E-state index in [1.54, 1.807) is 17.4 Å². The molecule has 1 aromatic heterocycles. The molecule has 3 nitrogen and oxygen atoms in total. The molecule has 24 heavy (non-hydrogen) atoms. The van der Waals surface area contributed by atoms with Crippen LogP contribution in [0, 0.1) is 5.82 Å². The first-order valence-electron chi connectivity index (χ1n) is 7.58. The van der Waals surface area contributed by atoms with Crippen LogP contribution < -0.4 is 5.32 Å². The van der Waals surface area contributed by atoms with E-state index in [2.05, 4.69) is 21.2 Å². The molecule has 1 aliphatic rings. The number of rotatable bonds is 3. The minimum Gasteiger partial charge on any atom is -0.333 e. The van der Waals surface area contributed by atoms with Crippen LogP contribution in [-0.4, -0.2) is 30.4 Å². The van der Waals surface area contributed by atoms with E-state index < -0.39 is 0 Å². The minimum atomic E-state index is -0.268. The molecule has 2 atom stereocenters. The van der Waals surface area contributed by atoms with Crippen molar-refractivity contribution < 1.29 is 9.18 Å². The average molecular weight is 434 g/mol. The van der Waals surface area contributed by atoms with Crippen molar-refractivity contribution in [2.45, 2.75) is 18.9 Å². The van der Waals surface area contributed by atoms with E-state index in [1.165, 1.54) is 12.1 Å². The van der Waals surface area contributed by atoms with Gasteiger partial charge in [0.25, 0.3) is 0 Å². The second-order valence-corrected chi connectivity index (χ2v) is 8.16. The van der Waals surface area contributed by atoms with Gasteiger partial charge in [-0.05, 0) is 52.7 Å². The van der Waals surface area contributed by atoms with Gasteiger partial charge in [0.2, 0.25) is 5.91 Å². The van der Waals surface area contributed by atoms with E-state index in [4.69, 9.17) is 0 Å². The highest BCUT2D eigenvalue weighted by Crippen LogP contribution is 2.32. The Labute approximate surface area is 159 Å². The average Bonchev–Trinajstić information content (AvgIpc) is 3.00. The number of carbonyl (C=O) groups is 1. The zero-order valence-electron chi connectivity index (χ0n) is 13.2. The molecule has 0 radical (unpaired) electrons.